The Morgan fingerprint density at radius 2 is 1.79 bits per heavy atom. The molecule has 1 heterocycles. The molecular weight excluding hydrogens is 172 g/mol. The minimum atomic E-state index is 0.846. The van der Waals surface area contributed by atoms with Crippen LogP contribution in [-0.4, -0.2) is 11.2 Å². The summed E-state index contributed by atoms with van der Waals surface area (Å²) in [5, 5.41) is 7.27. The molecule has 14 heavy (non-hydrogen) atoms. The average molecular weight is 182 g/mol. The first-order valence-electron chi connectivity index (χ1n) is 4.43. The van der Waals surface area contributed by atoms with Gasteiger partial charge >= 0.3 is 0 Å². The predicted octanol–water partition coefficient (Wildman–Crippen LogP) is 2.75. The summed E-state index contributed by atoms with van der Waals surface area (Å²) in [6.45, 7) is 0. The van der Waals surface area contributed by atoms with Crippen molar-refractivity contribution >= 4 is 6.21 Å². The van der Waals surface area contributed by atoms with Gasteiger partial charge in [0.15, 0.2) is 0 Å². The third kappa shape index (κ3) is 1.55. The van der Waals surface area contributed by atoms with Gasteiger partial charge < -0.3 is 5.41 Å². The number of rotatable bonds is 2. The fourth-order valence-corrected chi connectivity index (χ4v) is 1.37. The van der Waals surface area contributed by atoms with Gasteiger partial charge in [-0.2, -0.15) is 0 Å². The van der Waals surface area contributed by atoms with E-state index in [1.165, 1.54) is 6.21 Å². The molecule has 0 unspecified atom stereocenters. The van der Waals surface area contributed by atoms with Gasteiger partial charge in [0.2, 0.25) is 0 Å². The van der Waals surface area contributed by atoms with E-state index in [0.29, 0.717) is 0 Å². The van der Waals surface area contributed by atoms with E-state index in [-0.39, 0.29) is 0 Å². The first-order chi connectivity index (χ1) is 6.92. The van der Waals surface area contributed by atoms with Crippen LogP contribution >= 0.6 is 0 Å². The van der Waals surface area contributed by atoms with E-state index in [2.05, 4.69) is 4.98 Å². The topological polar surface area (TPSA) is 36.7 Å². The Morgan fingerprint density at radius 1 is 1.00 bits per heavy atom. The molecule has 0 amide bonds. The molecule has 0 saturated carbocycles. The molecule has 1 aromatic carbocycles. The van der Waals surface area contributed by atoms with E-state index >= 15 is 0 Å². The van der Waals surface area contributed by atoms with Crippen molar-refractivity contribution in [1.82, 2.24) is 4.98 Å². The van der Waals surface area contributed by atoms with Gasteiger partial charge in [0, 0.05) is 23.5 Å². The standard InChI is InChI=1S/C12H10N2/c13-9-11-7-4-8-14-12(11)10-5-2-1-3-6-10/h1-9,13H. The van der Waals surface area contributed by atoms with Crippen molar-refractivity contribution < 1.29 is 0 Å². The quantitative estimate of drug-likeness (QED) is 0.712. The summed E-state index contributed by atoms with van der Waals surface area (Å²) in [7, 11) is 0. The molecule has 2 rings (SSSR count). The molecule has 68 valence electrons. The second-order valence-electron chi connectivity index (χ2n) is 2.95. The zero-order chi connectivity index (χ0) is 9.80. The highest BCUT2D eigenvalue weighted by atomic mass is 14.7. The lowest BCUT2D eigenvalue weighted by Gasteiger charge is -2.02. The fourth-order valence-electron chi connectivity index (χ4n) is 1.37. The third-order valence-corrected chi connectivity index (χ3v) is 2.04. The average Bonchev–Trinajstić information content (AvgIpc) is 2.30. The molecule has 0 radical (unpaired) electrons. The van der Waals surface area contributed by atoms with Crippen LogP contribution in [0.2, 0.25) is 0 Å². The Morgan fingerprint density at radius 3 is 2.50 bits per heavy atom. The monoisotopic (exact) mass is 182 g/mol. The molecule has 2 aromatic rings. The van der Waals surface area contributed by atoms with Crippen LogP contribution in [0.4, 0.5) is 0 Å². The van der Waals surface area contributed by atoms with Crippen molar-refractivity contribution in [2.75, 3.05) is 0 Å². The molecule has 2 heteroatoms. The SMILES string of the molecule is N=Cc1cccnc1-c1ccccc1. The molecule has 0 bridgehead atoms. The van der Waals surface area contributed by atoms with Gasteiger partial charge in [-0.25, -0.2) is 0 Å². The minimum absolute atomic E-state index is 0.846. The minimum Gasteiger partial charge on any atom is -0.308 e. The highest BCUT2D eigenvalue weighted by Gasteiger charge is 2.01. The van der Waals surface area contributed by atoms with Gasteiger partial charge in [-0.3, -0.25) is 4.98 Å². The van der Waals surface area contributed by atoms with Gasteiger partial charge in [0.05, 0.1) is 5.69 Å². The van der Waals surface area contributed by atoms with Crippen LogP contribution in [0.5, 0.6) is 0 Å². The molecule has 0 atom stereocenters. The first-order valence-corrected chi connectivity index (χ1v) is 4.43. The number of hydrogen-bond donors (Lipinski definition) is 1. The van der Waals surface area contributed by atoms with Crippen LogP contribution in [0.25, 0.3) is 11.3 Å². The number of benzene rings is 1. The van der Waals surface area contributed by atoms with Crippen molar-refractivity contribution in [3.05, 3.63) is 54.2 Å². The largest absolute Gasteiger partial charge is 0.308 e. The predicted molar refractivity (Wildman–Crippen MR) is 57.6 cm³/mol. The highest BCUT2D eigenvalue weighted by molar-refractivity contribution is 5.86. The van der Waals surface area contributed by atoms with Gasteiger partial charge in [-0.15, -0.1) is 0 Å². The summed E-state index contributed by atoms with van der Waals surface area (Å²) in [5.74, 6) is 0. The molecule has 0 saturated heterocycles. The third-order valence-electron chi connectivity index (χ3n) is 2.04. The second-order valence-corrected chi connectivity index (χ2v) is 2.95. The zero-order valence-electron chi connectivity index (χ0n) is 7.64. The normalized spacial score (nSPS) is 9.71. The Hall–Kier alpha value is -1.96. The summed E-state index contributed by atoms with van der Waals surface area (Å²) in [5.41, 5.74) is 2.76. The summed E-state index contributed by atoms with van der Waals surface area (Å²) < 4.78 is 0. The van der Waals surface area contributed by atoms with Crippen molar-refractivity contribution in [2.24, 2.45) is 0 Å². The van der Waals surface area contributed by atoms with E-state index in [0.717, 1.165) is 16.8 Å². The van der Waals surface area contributed by atoms with E-state index in [9.17, 15) is 0 Å². The molecule has 0 aliphatic rings. The maximum Gasteiger partial charge on any atom is 0.0789 e. The Kier molecular flexibility index (Phi) is 2.36. The van der Waals surface area contributed by atoms with E-state index in [4.69, 9.17) is 5.41 Å². The van der Waals surface area contributed by atoms with E-state index in [1.54, 1.807) is 6.20 Å². The van der Waals surface area contributed by atoms with Gasteiger partial charge in [0.25, 0.3) is 0 Å². The molecule has 1 N–H and O–H groups in total. The van der Waals surface area contributed by atoms with E-state index in [1.807, 2.05) is 42.5 Å². The highest BCUT2D eigenvalue weighted by Crippen LogP contribution is 2.18. The lowest BCUT2D eigenvalue weighted by Crippen LogP contribution is -1.89. The molecule has 2 nitrogen and oxygen atoms in total. The smallest absolute Gasteiger partial charge is 0.0789 e. The fraction of sp³-hybridized carbons (Fsp3) is 0. The molecule has 1 aromatic heterocycles. The van der Waals surface area contributed by atoms with Crippen molar-refractivity contribution in [3.63, 3.8) is 0 Å². The van der Waals surface area contributed by atoms with E-state index < -0.39 is 0 Å². The lowest BCUT2D eigenvalue weighted by molar-refractivity contribution is 1.31. The first kappa shape index (κ1) is 8.63. The molecule has 0 fully saturated rings. The number of hydrogen-bond acceptors (Lipinski definition) is 2. The van der Waals surface area contributed by atoms with Gasteiger partial charge in [-0.05, 0) is 12.1 Å². The number of aromatic nitrogens is 1. The number of nitrogens with one attached hydrogen (secondary N) is 1. The van der Waals surface area contributed by atoms with Gasteiger partial charge in [-0.1, -0.05) is 30.3 Å². The van der Waals surface area contributed by atoms with Crippen LogP contribution in [0.1, 0.15) is 5.56 Å². The molecule has 0 spiro atoms. The van der Waals surface area contributed by atoms with Crippen molar-refractivity contribution in [2.45, 2.75) is 0 Å². The zero-order valence-corrected chi connectivity index (χ0v) is 7.64. The van der Waals surface area contributed by atoms with Crippen molar-refractivity contribution in [1.29, 1.82) is 5.41 Å². The molecule has 0 aliphatic heterocycles. The maximum absolute atomic E-state index is 7.27. The summed E-state index contributed by atoms with van der Waals surface area (Å²) in [4.78, 5) is 4.27. The number of pyridine rings is 1. The second kappa shape index (κ2) is 3.83. The van der Waals surface area contributed by atoms with Gasteiger partial charge in [0.1, 0.15) is 0 Å². The Labute approximate surface area is 82.8 Å². The number of nitrogens with zero attached hydrogens (tertiary/aromatic N) is 1. The lowest BCUT2D eigenvalue weighted by atomic mass is 10.1. The Balaban J connectivity index is 2.57. The Bertz CT molecular complexity index is 435. The molecule has 0 aliphatic carbocycles. The summed E-state index contributed by atoms with van der Waals surface area (Å²) >= 11 is 0. The van der Waals surface area contributed by atoms with Crippen LogP contribution < -0.4 is 0 Å². The maximum atomic E-state index is 7.27. The summed E-state index contributed by atoms with van der Waals surface area (Å²) in [6.07, 6.45) is 3.07. The van der Waals surface area contributed by atoms with Crippen molar-refractivity contribution in [3.8, 4) is 11.3 Å². The van der Waals surface area contributed by atoms with Crippen LogP contribution in [-0.2, 0) is 0 Å². The summed E-state index contributed by atoms with van der Waals surface area (Å²) in [6, 6.07) is 13.6. The molecular formula is C12H10N2. The van der Waals surface area contributed by atoms with Crippen LogP contribution in [0.15, 0.2) is 48.7 Å². The van der Waals surface area contributed by atoms with Crippen LogP contribution in [0.3, 0.4) is 0 Å². The van der Waals surface area contributed by atoms with Crippen LogP contribution in [0, 0.1) is 5.41 Å².